The van der Waals surface area contributed by atoms with Crippen LogP contribution < -0.4 is 20.9 Å². The van der Waals surface area contributed by atoms with Crippen LogP contribution >= 0.6 is 0 Å². The lowest BCUT2D eigenvalue weighted by atomic mass is 9.89. The third-order valence-corrected chi connectivity index (χ3v) is 7.08. The molecule has 3 amide bonds. The van der Waals surface area contributed by atoms with Crippen molar-refractivity contribution in [2.45, 2.75) is 58.9 Å². The van der Waals surface area contributed by atoms with Crippen LogP contribution in [0, 0.1) is 5.92 Å². The fourth-order valence-electron chi connectivity index (χ4n) is 4.98. The van der Waals surface area contributed by atoms with Crippen molar-refractivity contribution in [2.75, 3.05) is 28.6 Å². The summed E-state index contributed by atoms with van der Waals surface area (Å²) in [5, 5.41) is 8.79. The first-order valence-corrected chi connectivity index (χ1v) is 13.7. The Balaban J connectivity index is 1.44. The first-order chi connectivity index (χ1) is 18.3. The van der Waals surface area contributed by atoms with Gasteiger partial charge in [-0.05, 0) is 86.4 Å². The lowest BCUT2D eigenvalue weighted by Crippen LogP contribution is -2.37. The van der Waals surface area contributed by atoms with Crippen LogP contribution in [0.2, 0.25) is 0 Å². The van der Waals surface area contributed by atoms with Crippen molar-refractivity contribution in [1.29, 1.82) is 0 Å². The molecule has 200 valence electrons. The number of hydrogen-bond acceptors (Lipinski definition) is 3. The number of piperidine rings is 1. The standard InChI is InChI=1S/C32H40N4O2/c1-22(2)26-10-12-27(13-11-26)34-32(38)35-28-14-15-30(29(21-28)31(37)33-23(3)4)36-18-16-25(17-19-36)20-24-8-6-5-7-9-24/h5-15,21-23,25H,16-20H2,1-4H3,(H,33,37)(H2,34,35,38). The van der Waals surface area contributed by atoms with E-state index in [1.54, 1.807) is 6.07 Å². The molecule has 1 aliphatic rings. The molecule has 4 rings (SSSR count). The zero-order chi connectivity index (χ0) is 27.1. The van der Waals surface area contributed by atoms with Gasteiger partial charge in [-0.1, -0.05) is 56.3 Å². The molecule has 1 aliphatic heterocycles. The highest BCUT2D eigenvalue weighted by atomic mass is 16.2. The summed E-state index contributed by atoms with van der Waals surface area (Å²) in [6.45, 7) is 9.98. The lowest BCUT2D eigenvalue weighted by molar-refractivity contribution is 0.0943. The molecule has 0 saturated carbocycles. The van der Waals surface area contributed by atoms with Gasteiger partial charge < -0.3 is 20.9 Å². The van der Waals surface area contributed by atoms with Gasteiger partial charge in [-0.3, -0.25) is 4.79 Å². The minimum atomic E-state index is -0.341. The van der Waals surface area contributed by atoms with Gasteiger partial charge in [0.1, 0.15) is 0 Å². The Kier molecular flexibility index (Phi) is 9.06. The van der Waals surface area contributed by atoms with Crippen LogP contribution in [0.25, 0.3) is 0 Å². The number of carbonyl (C=O) groups excluding carboxylic acids is 2. The van der Waals surface area contributed by atoms with Gasteiger partial charge in [0.15, 0.2) is 0 Å². The second kappa shape index (κ2) is 12.6. The zero-order valence-electron chi connectivity index (χ0n) is 23.0. The number of benzene rings is 3. The Morgan fingerprint density at radius 2 is 1.47 bits per heavy atom. The van der Waals surface area contributed by atoms with Crippen molar-refractivity contribution < 1.29 is 9.59 Å². The number of carbonyl (C=O) groups is 2. The largest absolute Gasteiger partial charge is 0.371 e. The van der Waals surface area contributed by atoms with E-state index in [0.717, 1.165) is 43.7 Å². The second-order valence-electron chi connectivity index (χ2n) is 10.8. The van der Waals surface area contributed by atoms with Crippen LogP contribution in [0.4, 0.5) is 21.9 Å². The van der Waals surface area contributed by atoms with Gasteiger partial charge in [-0.15, -0.1) is 0 Å². The van der Waals surface area contributed by atoms with Gasteiger partial charge in [0.25, 0.3) is 5.91 Å². The predicted octanol–water partition coefficient (Wildman–Crippen LogP) is 7.05. The summed E-state index contributed by atoms with van der Waals surface area (Å²) in [6, 6.07) is 23.8. The molecule has 0 bridgehead atoms. The number of nitrogens with one attached hydrogen (secondary N) is 3. The molecule has 6 nitrogen and oxygen atoms in total. The first-order valence-electron chi connectivity index (χ1n) is 13.7. The maximum absolute atomic E-state index is 13.2. The maximum Gasteiger partial charge on any atom is 0.323 e. The molecule has 1 fully saturated rings. The van der Waals surface area contributed by atoms with Gasteiger partial charge in [-0.2, -0.15) is 0 Å². The summed E-state index contributed by atoms with van der Waals surface area (Å²) in [4.78, 5) is 28.2. The average Bonchev–Trinajstić information content (AvgIpc) is 2.89. The Labute approximate surface area is 226 Å². The third-order valence-electron chi connectivity index (χ3n) is 7.08. The van der Waals surface area contributed by atoms with Crippen LogP contribution in [0.3, 0.4) is 0 Å². The van der Waals surface area contributed by atoms with Gasteiger partial charge in [0.05, 0.1) is 5.56 Å². The van der Waals surface area contributed by atoms with Gasteiger partial charge >= 0.3 is 6.03 Å². The van der Waals surface area contributed by atoms with E-state index in [1.807, 2.05) is 50.2 Å². The zero-order valence-corrected chi connectivity index (χ0v) is 23.0. The van der Waals surface area contributed by atoms with Crippen molar-refractivity contribution >= 4 is 29.0 Å². The van der Waals surface area contributed by atoms with Gasteiger partial charge in [0.2, 0.25) is 0 Å². The summed E-state index contributed by atoms with van der Waals surface area (Å²) in [5.41, 5.74) is 5.40. The van der Waals surface area contributed by atoms with E-state index in [2.05, 4.69) is 65.0 Å². The molecule has 1 heterocycles. The fraction of sp³-hybridized carbons (Fsp3) is 0.375. The van der Waals surface area contributed by atoms with Gasteiger partial charge in [0, 0.05) is 36.2 Å². The highest BCUT2D eigenvalue weighted by molar-refractivity contribution is 6.04. The number of nitrogens with zero attached hydrogens (tertiary/aromatic N) is 1. The molecule has 0 spiro atoms. The highest BCUT2D eigenvalue weighted by Crippen LogP contribution is 2.30. The van der Waals surface area contributed by atoms with Crippen molar-refractivity contribution in [1.82, 2.24) is 5.32 Å². The third kappa shape index (κ3) is 7.37. The maximum atomic E-state index is 13.2. The molecule has 0 atom stereocenters. The Morgan fingerprint density at radius 3 is 2.11 bits per heavy atom. The molecule has 0 unspecified atom stereocenters. The fourth-order valence-corrected chi connectivity index (χ4v) is 4.98. The van der Waals surface area contributed by atoms with E-state index in [1.165, 1.54) is 11.1 Å². The number of amides is 3. The molecule has 3 aromatic carbocycles. The minimum Gasteiger partial charge on any atom is -0.371 e. The highest BCUT2D eigenvalue weighted by Gasteiger charge is 2.24. The first kappa shape index (κ1) is 27.2. The summed E-state index contributed by atoms with van der Waals surface area (Å²) in [5.74, 6) is 0.942. The second-order valence-corrected chi connectivity index (χ2v) is 10.8. The van der Waals surface area contributed by atoms with E-state index < -0.39 is 0 Å². The smallest absolute Gasteiger partial charge is 0.323 e. The Bertz CT molecular complexity index is 1210. The number of hydrogen-bond donors (Lipinski definition) is 3. The number of rotatable bonds is 8. The summed E-state index contributed by atoms with van der Waals surface area (Å²) in [7, 11) is 0. The lowest BCUT2D eigenvalue weighted by Gasteiger charge is -2.35. The van der Waals surface area contributed by atoms with E-state index in [9.17, 15) is 9.59 Å². The van der Waals surface area contributed by atoms with Crippen LogP contribution in [0.1, 0.15) is 67.9 Å². The average molecular weight is 513 g/mol. The summed E-state index contributed by atoms with van der Waals surface area (Å²) >= 11 is 0. The molecular weight excluding hydrogens is 472 g/mol. The van der Waals surface area contributed by atoms with E-state index in [-0.39, 0.29) is 18.0 Å². The molecule has 38 heavy (non-hydrogen) atoms. The van der Waals surface area contributed by atoms with Crippen molar-refractivity contribution in [3.05, 3.63) is 89.5 Å². The van der Waals surface area contributed by atoms with E-state index in [4.69, 9.17) is 0 Å². The summed E-state index contributed by atoms with van der Waals surface area (Å²) in [6.07, 6.45) is 3.25. The minimum absolute atomic E-state index is 0.0145. The molecular formula is C32H40N4O2. The monoisotopic (exact) mass is 512 g/mol. The molecule has 0 aromatic heterocycles. The van der Waals surface area contributed by atoms with Crippen LogP contribution in [0.15, 0.2) is 72.8 Å². The SMILES string of the molecule is CC(C)NC(=O)c1cc(NC(=O)Nc2ccc(C(C)C)cc2)ccc1N1CCC(Cc2ccccc2)CC1. The normalized spacial score (nSPS) is 14.0. The predicted molar refractivity (Wildman–Crippen MR) is 157 cm³/mol. The molecule has 0 radical (unpaired) electrons. The quantitative estimate of drug-likeness (QED) is 0.303. The topological polar surface area (TPSA) is 73.5 Å². The van der Waals surface area contributed by atoms with Crippen LogP contribution in [0.5, 0.6) is 0 Å². The van der Waals surface area contributed by atoms with Crippen LogP contribution in [-0.2, 0) is 6.42 Å². The van der Waals surface area contributed by atoms with E-state index in [0.29, 0.717) is 23.1 Å². The molecule has 6 heteroatoms. The molecule has 0 aliphatic carbocycles. The van der Waals surface area contributed by atoms with Crippen molar-refractivity contribution in [2.24, 2.45) is 5.92 Å². The van der Waals surface area contributed by atoms with E-state index >= 15 is 0 Å². The Hall–Kier alpha value is -3.80. The summed E-state index contributed by atoms with van der Waals surface area (Å²) < 4.78 is 0. The Morgan fingerprint density at radius 1 is 0.842 bits per heavy atom. The van der Waals surface area contributed by atoms with Crippen LogP contribution in [-0.4, -0.2) is 31.1 Å². The van der Waals surface area contributed by atoms with Crippen molar-refractivity contribution in [3.8, 4) is 0 Å². The number of anilines is 3. The number of urea groups is 1. The van der Waals surface area contributed by atoms with Gasteiger partial charge in [-0.25, -0.2) is 4.79 Å². The molecule has 1 saturated heterocycles. The molecule has 3 N–H and O–H groups in total. The molecule has 3 aromatic rings. The van der Waals surface area contributed by atoms with Crippen molar-refractivity contribution in [3.63, 3.8) is 0 Å².